The monoisotopic (exact) mass is 722 g/mol. The Morgan fingerprint density at radius 1 is 0.703 bits per heavy atom. The molecule has 1 N–H and O–H groups in total. The maximum atomic E-state index is 8.59. The predicted octanol–water partition coefficient (Wildman–Crippen LogP) is 7.97. The van der Waals surface area contributed by atoms with Gasteiger partial charge in [-0.3, -0.25) is 6.08 Å². The van der Waals surface area contributed by atoms with Crippen LogP contribution in [-0.4, -0.2) is 21.0 Å². The number of rotatable bonds is 2. The van der Waals surface area contributed by atoms with Crippen LogP contribution in [0.3, 0.4) is 0 Å². The summed E-state index contributed by atoms with van der Waals surface area (Å²) < 4.78 is 3.05. The van der Waals surface area contributed by atoms with Crippen LogP contribution in [-0.2, 0) is 25.8 Å². The van der Waals surface area contributed by atoms with E-state index in [1.165, 1.54) is 64.0 Å². The zero-order chi connectivity index (χ0) is 26.2. The predicted molar refractivity (Wildman–Crippen MR) is 158 cm³/mol. The molecule has 37 heavy (non-hydrogen) atoms. The van der Waals surface area contributed by atoms with E-state index in [1.54, 1.807) is 0 Å². The summed E-state index contributed by atoms with van der Waals surface area (Å²) in [7, 11) is 0. The van der Waals surface area contributed by atoms with Gasteiger partial charge in [0.05, 0.1) is 0 Å². The van der Waals surface area contributed by atoms with Gasteiger partial charge in [-0.1, -0.05) is 66.7 Å². The van der Waals surface area contributed by atoms with Gasteiger partial charge < -0.3 is 5.73 Å². The molecule has 5 aliphatic rings. The molecule has 0 spiro atoms. The second kappa shape index (κ2) is 11.8. The minimum atomic E-state index is -0.392. The summed E-state index contributed by atoms with van der Waals surface area (Å²) in [5, 5.41) is 0. The topological polar surface area (TPSA) is 23.8 Å². The molecule has 4 bridgehead atoms. The summed E-state index contributed by atoms with van der Waals surface area (Å²) in [6.07, 6.45) is 11.0. The molecule has 1 radical (unpaired) electrons. The first-order valence-corrected chi connectivity index (χ1v) is 16.2. The Kier molecular flexibility index (Phi) is 9.84. The quantitative estimate of drug-likeness (QED) is 0.222. The number of hydrogen-bond donors (Lipinski definition) is 0. The minimum absolute atomic E-state index is 0. The number of nitrogens with one attached hydrogen (secondary N) is 1. The third-order valence-corrected chi connectivity index (χ3v) is 12.0. The number of allylic oxidation sites excluding steroid dienone is 4. The van der Waals surface area contributed by atoms with Crippen molar-refractivity contribution in [3.63, 3.8) is 0 Å². The van der Waals surface area contributed by atoms with E-state index >= 15 is 0 Å². The van der Waals surface area contributed by atoms with Crippen LogP contribution in [0.25, 0.3) is 5.73 Å². The van der Waals surface area contributed by atoms with Crippen LogP contribution in [0, 0.1) is 28.2 Å². The molecule has 1 atom stereocenters. The second-order valence-corrected chi connectivity index (χ2v) is 16.9. The summed E-state index contributed by atoms with van der Waals surface area (Å²) in [5.41, 5.74) is 14.3. The van der Waals surface area contributed by atoms with Gasteiger partial charge >= 0.3 is 84.9 Å². The molecule has 5 aliphatic carbocycles. The van der Waals surface area contributed by atoms with Crippen LogP contribution >= 0.6 is 0 Å². The van der Waals surface area contributed by atoms with E-state index in [2.05, 4.69) is 115 Å². The Morgan fingerprint density at radius 2 is 1.08 bits per heavy atom. The van der Waals surface area contributed by atoms with E-state index in [4.69, 9.17) is 5.73 Å². The fraction of sp³-hybridized carbons (Fsp3) is 0.529. The van der Waals surface area contributed by atoms with Gasteiger partial charge in [0.15, 0.2) is 0 Å². The van der Waals surface area contributed by atoms with E-state index in [0.717, 1.165) is 0 Å². The van der Waals surface area contributed by atoms with Gasteiger partial charge in [-0.2, -0.15) is 11.1 Å². The van der Waals surface area contributed by atoms with Crippen molar-refractivity contribution in [1.82, 2.24) is 0 Å². The Morgan fingerprint density at radius 3 is 1.32 bits per heavy atom. The summed E-state index contributed by atoms with van der Waals surface area (Å²) in [4.78, 5) is 0. The summed E-state index contributed by atoms with van der Waals surface area (Å²) >= 11 is -0.392. The zero-order valence-electron chi connectivity index (χ0n) is 24.2. The molecule has 0 saturated heterocycles. The van der Waals surface area contributed by atoms with Crippen LogP contribution < -0.4 is 8.79 Å². The zero-order valence-corrected chi connectivity index (χ0v) is 30.2. The van der Waals surface area contributed by atoms with Crippen LogP contribution in [0.1, 0.15) is 87.0 Å². The molecule has 2 aromatic carbocycles. The molecule has 7 rings (SSSR count). The van der Waals surface area contributed by atoms with E-state index in [1.807, 2.05) is 0 Å². The van der Waals surface area contributed by atoms with E-state index < -0.39 is 15.4 Å². The van der Waals surface area contributed by atoms with Gasteiger partial charge in [-0.15, -0.1) is 12.5 Å². The average molecular weight is 720 g/mol. The van der Waals surface area contributed by atoms with Crippen molar-refractivity contribution in [2.24, 2.45) is 22.2 Å². The molecule has 1 nitrogen and oxygen atoms in total. The van der Waals surface area contributed by atoms with Crippen molar-refractivity contribution < 1.29 is 25.8 Å². The van der Waals surface area contributed by atoms with Crippen molar-refractivity contribution >= 4 is 24.2 Å². The Labute approximate surface area is 252 Å². The van der Waals surface area contributed by atoms with Crippen LogP contribution in [0.2, 0.25) is 0 Å². The van der Waals surface area contributed by atoms with Gasteiger partial charge in [-0.25, -0.2) is 5.57 Å². The summed E-state index contributed by atoms with van der Waals surface area (Å²) in [5.74, 6) is 0.560. The molecular formula is C34H46GeHfN-2. The van der Waals surface area contributed by atoms with Gasteiger partial charge in [0, 0.05) is 25.8 Å². The maximum absolute atomic E-state index is 8.59. The van der Waals surface area contributed by atoms with Gasteiger partial charge in [0.2, 0.25) is 0 Å². The van der Waals surface area contributed by atoms with Gasteiger partial charge in [0.1, 0.15) is 0 Å². The van der Waals surface area contributed by atoms with Crippen molar-refractivity contribution in [2.45, 2.75) is 92.5 Å². The molecule has 0 heterocycles. The van der Waals surface area contributed by atoms with Crippen LogP contribution in [0.5, 0.6) is 0 Å². The Hall–Kier alpha value is -0.707. The first kappa shape index (κ1) is 30.8. The molecule has 1 unspecified atom stereocenters. The van der Waals surface area contributed by atoms with Crippen LogP contribution in [0.4, 0.5) is 0 Å². The Bertz CT molecular complexity index is 986. The van der Waals surface area contributed by atoms with E-state index in [9.17, 15) is 0 Å². The van der Waals surface area contributed by atoms with Crippen molar-refractivity contribution in [2.75, 3.05) is 0 Å². The van der Waals surface area contributed by atoms with Crippen LogP contribution in [0.15, 0.2) is 77.4 Å². The third-order valence-electron chi connectivity index (χ3n) is 9.03. The normalized spacial score (nSPS) is 35.0. The van der Waals surface area contributed by atoms with Gasteiger partial charge in [0.25, 0.3) is 0 Å². The molecule has 0 amide bonds. The Balaban J connectivity index is 0.000000156. The molecule has 3 heteroatoms. The SMILES string of the molecule is CC12CC3(C)CC(C)(C1)CC([NH-])(C2)C3.CC1=[C-]C(C)C(C)=C1C.[Hf].c1cc[c]([GeH][c]2ccccc2)cc1. The first-order valence-electron chi connectivity index (χ1n) is 13.8. The number of hydrogen-bond acceptors (Lipinski definition) is 0. The number of benzene rings is 2. The standard InChI is InChI=1S/C13H22N.C12H11Ge.C9H13.Hf/c1-10-4-11(2)6-12(3,5-10)9-13(14,7-10)8-11;1-3-7-11(8-4-1)13-12-9-5-2-6-10-12;1-6-5-7(2)9(4)8(6)3;/h14H,4-9H2,1-3H3;1-10,13H;6H,1-4H3;/q-1;;-1;. The summed E-state index contributed by atoms with van der Waals surface area (Å²) in [6, 6.07) is 21.5. The molecule has 197 valence electrons. The third kappa shape index (κ3) is 7.70. The van der Waals surface area contributed by atoms with E-state index in [-0.39, 0.29) is 31.4 Å². The fourth-order valence-corrected chi connectivity index (χ4v) is 11.3. The first-order chi connectivity index (χ1) is 16.8. The van der Waals surface area contributed by atoms with Gasteiger partial charge in [-0.05, 0) is 35.5 Å². The van der Waals surface area contributed by atoms with Crippen molar-refractivity contribution in [3.8, 4) is 0 Å². The molecule has 2 aromatic rings. The molecule has 0 aromatic heterocycles. The van der Waals surface area contributed by atoms with E-state index in [0.29, 0.717) is 22.2 Å². The molecular weight excluding hydrogens is 673 g/mol. The molecule has 0 aliphatic heterocycles. The molecule has 4 saturated carbocycles. The average Bonchev–Trinajstić information content (AvgIpc) is 2.97. The van der Waals surface area contributed by atoms with Crippen molar-refractivity contribution in [1.29, 1.82) is 0 Å². The molecule has 4 fully saturated rings. The second-order valence-electron chi connectivity index (χ2n) is 13.5. The van der Waals surface area contributed by atoms with Crippen molar-refractivity contribution in [3.05, 3.63) is 89.2 Å². The fourth-order valence-electron chi connectivity index (χ4n) is 8.74. The summed E-state index contributed by atoms with van der Waals surface area (Å²) in [6.45, 7) is 16.0.